The fourth-order valence-electron chi connectivity index (χ4n) is 3.14. The molecule has 1 aromatic heterocycles. The van der Waals surface area contributed by atoms with E-state index in [1.54, 1.807) is 0 Å². The van der Waals surface area contributed by atoms with Crippen molar-refractivity contribution in [1.82, 2.24) is 9.78 Å². The van der Waals surface area contributed by atoms with Crippen molar-refractivity contribution in [2.24, 2.45) is 5.92 Å². The van der Waals surface area contributed by atoms with Gasteiger partial charge in [-0.2, -0.15) is 5.10 Å². The van der Waals surface area contributed by atoms with E-state index in [1.807, 2.05) is 6.20 Å². The van der Waals surface area contributed by atoms with Crippen LogP contribution in [0.5, 0.6) is 0 Å². The van der Waals surface area contributed by atoms with Crippen molar-refractivity contribution < 1.29 is 0 Å². The lowest BCUT2D eigenvalue weighted by Gasteiger charge is -2.34. The van der Waals surface area contributed by atoms with Crippen molar-refractivity contribution in [3.8, 4) is 0 Å². The second-order valence-electron chi connectivity index (χ2n) is 4.84. The Morgan fingerprint density at radius 1 is 1.20 bits per heavy atom. The van der Waals surface area contributed by atoms with Crippen LogP contribution in [-0.2, 0) is 0 Å². The standard InChI is InChI=1S/C12H19N3/c1-2-4-10(5-3-1)11-6-8-13-12-7-9-14-15(11)12/h7,9-11,13H,1-6,8H2. The van der Waals surface area contributed by atoms with Crippen LogP contribution in [0.15, 0.2) is 12.3 Å². The van der Waals surface area contributed by atoms with E-state index in [9.17, 15) is 0 Å². The number of hydrogen-bond donors (Lipinski definition) is 1. The molecule has 82 valence electrons. The minimum absolute atomic E-state index is 0.663. The lowest BCUT2D eigenvalue weighted by Crippen LogP contribution is -2.30. The van der Waals surface area contributed by atoms with E-state index < -0.39 is 0 Å². The minimum atomic E-state index is 0.663. The predicted octanol–water partition coefficient (Wildman–Crippen LogP) is 2.82. The number of anilines is 1. The molecule has 1 aliphatic carbocycles. The van der Waals surface area contributed by atoms with Crippen molar-refractivity contribution in [2.45, 2.75) is 44.6 Å². The number of rotatable bonds is 1. The second-order valence-corrected chi connectivity index (χ2v) is 4.84. The lowest BCUT2D eigenvalue weighted by molar-refractivity contribution is 0.222. The van der Waals surface area contributed by atoms with Gasteiger partial charge in [-0.25, -0.2) is 4.68 Å². The summed E-state index contributed by atoms with van der Waals surface area (Å²) < 4.78 is 2.22. The molecule has 0 spiro atoms. The van der Waals surface area contributed by atoms with Gasteiger partial charge in [0, 0.05) is 12.6 Å². The van der Waals surface area contributed by atoms with Gasteiger partial charge in [-0.15, -0.1) is 0 Å². The Morgan fingerprint density at radius 2 is 2.07 bits per heavy atom. The average molecular weight is 205 g/mol. The molecule has 2 heterocycles. The highest BCUT2D eigenvalue weighted by molar-refractivity contribution is 5.36. The largest absolute Gasteiger partial charge is 0.370 e. The molecule has 2 aliphatic rings. The third-order valence-corrected chi connectivity index (χ3v) is 3.92. The van der Waals surface area contributed by atoms with Crippen LogP contribution in [0.3, 0.4) is 0 Å². The Kier molecular flexibility index (Phi) is 2.39. The van der Waals surface area contributed by atoms with Crippen molar-refractivity contribution in [2.75, 3.05) is 11.9 Å². The summed E-state index contributed by atoms with van der Waals surface area (Å²) in [6, 6.07) is 2.76. The Hall–Kier alpha value is -0.990. The van der Waals surface area contributed by atoms with Crippen LogP contribution in [-0.4, -0.2) is 16.3 Å². The number of nitrogens with zero attached hydrogens (tertiary/aromatic N) is 2. The first-order valence-corrected chi connectivity index (χ1v) is 6.22. The third kappa shape index (κ3) is 1.64. The fourth-order valence-corrected chi connectivity index (χ4v) is 3.14. The SMILES string of the molecule is c1cc2n(n1)C(C1CCCCC1)CCN2. The molecule has 1 aromatic rings. The van der Waals surface area contributed by atoms with Crippen molar-refractivity contribution >= 4 is 5.82 Å². The fraction of sp³-hybridized carbons (Fsp3) is 0.750. The maximum atomic E-state index is 4.47. The van der Waals surface area contributed by atoms with Crippen LogP contribution in [0.1, 0.15) is 44.6 Å². The number of hydrogen-bond acceptors (Lipinski definition) is 2. The van der Waals surface area contributed by atoms with Crippen LogP contribution in [0.2, 0.25) is 0 Å². The average Bonchev–Trinajstić information content (AvgIpc) is 2.78. The highest BCUT2D eigenvalue weighted by Gasteiger charge is 2.28. The lowest BCUT2D eigenvalue weighted by atomic mass is 9.82. The second kappa shape index (κ2) is 3.87. The molecule has 1 fully saturated rings. The molecule has 3 rings (SSSR count). The van der Waals surface area contributed by atoms with E-state index in [4.69, 9.17) is 0 Å². The third-order valence-electron chi connectivity index (χ3n) is 3.92. The monoisotopic (exact) mass is 205 g/mol. The van der Waals surface area contributed by atoms with Gasteiger partial charge in [0.1, 0.15) is 5.82 Å². The van der Waals surface area contributed by atoms with Crippen LogP contribution < -0.4 is 5.32 Å². The molecule has 1 N–H and O–H groups in total. The van der Waals surface area contributed by atoms with E-state index in [0.717, 1.165) is 12.5 Å². The molecule has 1 aliphatic heterocycles. The first-order chi connectivity index (χ1) is 7.45. The topological polar surface area (TPSA) is 29.9 Å². The zero-order valence-corrected chi connectivity index (χ0v) is 9.15. The van der Waals surface area contributed by atoms with Gasteiger partial charge in [-0.3, -0.25) is 0 Å². The number of nitrogens with one attached hydrogen (secondary N) is 1. The zero-order chi connectivity index (χ0) is 10.1. The summed E-state index contributed by atoms with van der Waals surface area (Å²) >= 11 is 0. The molecule has 15 heavy (non-hydrogen) atoms. The summed E-state index contributed by atoms with van der Waals surface area (Å²) in [4.78, 5) is 0. The molecule has 0 amide bonds. The summed E-state index contributed by atoms with van der Waals surface area (Å²) in [5.41, 5.74) is 0. The van der Waals surface area contributed by atoms with Crippen LogP contribution in [0.25, 0.3) is 0 Å². The predicted molar refractivity (Wildman–Crippen MR) is 60.9 cm³/mol. The van der Waals surface area contributed by atoms with Crippen molar-refractivity contribution in [3.05, 3.63) is 12.3 Å². The van der Waals surface area contributed by atoms with E-state index in [0.29, 0.717) is 6.04 Å². The molecule has 0 radical (unpaired) electrons. The Labute approximate surface area is 90.9 Å². The van der Waals surface area contributed by atoms with Crippen LogP contribution in [0.4, 0.5) is 5.82 Å². The van der Waals surface area contributed by atoms with Gasteiger partial charge in [0.25, 0.3) is 0 Å². The van der Waals surface area contributed by atoms with Crippen molar-refractivity contribution in [3.63, 3.8) is 0 Å². The van der Waals surface area contributed by atoms with Gasteiger partial charge in [-0.05, 0) is 25.2 Å². The van der Waals surface area contributed by atoms with E-state index in [2.05, 4.69) is 21.2 Å². The molecule has 1 saturated carbocycles. The molecular formula is C12H19N3. The minimum Gasteiger partial charge on any atom is -0.370 e. The highest BCUT2D eigenvalue weighted by Crippen LogP contribution is 2.37. The van der Waals surface area contributed by atoms with Crippen LogP contribution >= 0.6 is 0 Å². The van der Waals surface area contributed by atoms with Crippen LogP contribution in [0, 0.1) is 5.92 Å². The quantitative estimate of drug-likeness (QED) is 0.764. The molecule has 1 atom stereocenters. The molecule has 0 aromatic carbocycles. The molecule has 0 saturated heterocycles. The van der Waals surface area contributed by atoms with E-state index in [-0.39, 0.29) is 0 Å². The van der Waals surface area contributed by atoms with Gasteiger partial charge in [0.2, 0.25) is 0 Å². The summed E-state index contributed by atoms with van der Waals surface area (Å²) in [6.07, 6.45) is 10.3. The Balaban J connectivity index is 1.82. The number of aromatic nitrogens is 2. The Bertz CT molecular complexity index is 325. The molecular weight excluding hydrogens is 186 g/mol. The van der Waals surface area contributed by atoms with Gasteiger partial charge >= 0.3 is 0 Å². The summed E-state index contributed by atoms with van der Waals surface area (Å²) in [5, 5.41) is 7.88. The summed E-state index contributed by atoms with van der Waals surface area (Å²) in [6.45, 7) is 1.12. The van der Waals surface area contributed by atoms with Gasteiger partial charge in [0.15, 0.2) is 0 Å². The van der Waals surface area contributed by atoms with E-state index in [1.165, 1.54) is 44.3 Å². The smallest absolute Gasteiger partial charge is 0.124 e. The molecule has 0 bridgehead atoms. The number of fused-ring (bicyclic) bond motifs is 1. The normalized spacial score (nSPS) is 27.1. The maximum absolute atomic E-state index is 4.47. The van der Waals surface area contributed by atoms with Crippen molar-refractivity contribution in [1.29, 1.82) is 0 Å². The molecule has 1 unspecified atom stereocenters. The van der Waals surface area contributed by atoms with Gasteiger partial charge < -0.3 is 5.32 Å². The summed E-state index contributed by atoms with van der Waals surface area (Å²) in [7, 11) is 0. The zero-order valence-electron chi connectivity index (χ0n) is 9.15. The Morgan fingerprint density at radius 3 is 2.93 bits per heavy atom. The van der Waals surface area contributed by atoms with Gasteiger partial charge in [0.05, 0.1) is 12.2 Å². The molecule has 3 heteroatoms. The van der Waals surface area contributed by atoms with Gasteiger partial charge in [-0.1, -0.05) is 19.3 Å². The highest BCUT2D eigenvalue weighted by atomic mass is 15.4. The summed E-state index contributed by atoms with van der Waals surface area (Å²) in [5.74, 6) is 2.09. The maximum Gasteiger partial charge on any atom is 0.124 e. The first kappa shape index (κ1) is 9.25. The van der Waals surface area contributed by atoms with E-state index >= 15 is 0 Å². The first-order valence-electron chi connectivity index (χ1n) is 6.22. The molecule has 3 nitrogen and oxygen atoms in total.